The molecule has 0 atom stereocenters. The lowest BCUT2D eigenvalue weighted by Gasteiger charge is -2.06. The second kappa shape index (κ2) is 6.12. The SMILES string of the molecule is CCOC(=O)c1cnn(-c2ccc(Br)cn2)c1S(=O)(=O)Cl. The van der Waals surface area contributed by atoms with Crippen molar-refractivity contribution in [3.05, 3.63) is 34.6 Å². The molecule has 0 aliphatic rings. The van der Waals surface area contributed by atoms with E-state index in [9.17, 15) is 13.2 Å². The van der Waals surface area contributed by atoms with E-state index >= 15 is 0 Å². The van der Waals surface area contributed by atoms with Crippen molar-refractivity contribution in [2.24, 2.45) is 0 Å². The second-order valence-electron chi connectivity index (χ2n) is 3.77. The lowest BCUT2D eigenvalue weighted by molar-refractivity contribution is 0.0521. The van der Waals surface area contributed by atoms with E-state index in [1.54, 1.807) is 13.0 Å². The minimum Gasteiger partial charge on any atom is -0.462 e. The summed E-state index contributed by atoms with van der Waals surface area (Å²) in [5, 5.41) is 3.39. The van der Waals surface area contributed by atoms with E-state index in [4.69, 9.17) is 15.4 Å². The lowest BCUT2D eigenvalue weighted by Crippen LogP contribution is -2.12. The molecule has 0 spiro atoms. The first-order chi connectivity index (χ1) is 9.84. The van der Waals surface area contributed by atoms with E-state index in [2.05, 4.69) is 26.0 Å². The Labute approximate surface area is 133 Å². The quantitative estimate of drug-likeness (QED) is 0.583. The molecule has 0 aromatic carbocycles. The molecule has 0 unspecified atom stereocenters. The number of hydrogen-bond acceptors (Lipinski definition) is 6. The van der Waals surface area contributed by atoms with E-state index < -0.39 is 20.0 Å². The van der Waals surface area contributed by atoms with Crippen molar-refractivity contribution in [1.82, 2.24) is 14.8 Å². The fourth-order valence-electron chi connectivity index (χ4n) is 1.58. The zero-order valence-corrected chi connectivity index (χ0v) is 13.8. The van der Waals surface area contributed by atoms with Crippen LogP contribution in [0.1, 0.15) is 17.3 Å². The summed E-state index contributed by atoms with van der Waals surface area (Å²) in [5.41, 5.74) is -0.239. The fraction of sp³-hybridized carbons (Fsp3) is 0.182. The Morgan fingerprint density at radius 2 is 2.14 bits per heavy atom. The van der Waals surface area contributed by atoms with Crippen LogP contribution in [0.15, 0.2) is 34.0 Å². The highest BCUT2D eigenvalue weighted by molar-refractivity contribution is 9.10. The summed E-state index contributed by atoms with van der Waals surface area (Å²) >= 11 is 3.21. The van der Waals surface area contributed by atoms with Gasteiger partial charge >= 0.3 is 5.97 Å². The van der Waals surface area contributed by atoms with E-state index in [0.717, 1.165) is 10.9 Å². The van der Waals surface area contributed by atoms with E-state index in [0.29, 0.717) is 4.47 Å². The Morgan fingerprint density at radius 3 is 2.67 bits per heavy atom. The number of carbonyl (C=O) groups excluding carboxylic acids is 1. The first-order valence-electron chi connectivity index (χ1n) is 5.66. The Hall–Kier alpha value is -1.45. The summed E-state index contributed by atoms with van der Waals surface area (Å²) in [5.74, 6) is -0.618. The molecule has 7 nitrogen and oxygen atoms in total. The Kier molecular flexibility index (Phi) is 4.64. The molecule has 112 valence electrons. The highest BCUT2D eigenvalue weighted by Crippen LogP contribution is 2.24. The Bertz CT molecular complexity index is 773. The maximum absolute atomic E-state index is 11.8. The van der Waals surface area contributed by atoms with Crippen molar-refractivity contribution in [2.75, 3.05) is 6.61 Å². The van der Waals surface area contributed by atoms with Gasteiger partial charge in [-0.15, -0.1) is 0 Å². The molecule has 0 radical (unpaired) electrons. The normalized spacial score (nSPS) is 11.4. The van der Waals surface area contributed by atoms with Gasteiger partial charge in [0, 0.05) is 21.4 Å². The molecule has 0 bridgehead atoms. The van der Waals surface area contributed by atoms with Gasteiger partial charge in [-0.25, -0.2) is 22.9 Å². The summed E-state index contributed by atoms with van der Waals surface area (Å²) in [7, 11) is 1.18. The molecule has 21 heavy (non-hydrogen) atoms. The third kappa shape index (κ3) is 3.42. The highest BCUT2D eigenvalue weighted by atomic mass is 79.9. The second-order valence-corrected chi connectivity index (χ2v) is 7.17. The van der Waals surface area contributed by atoms with Crippen LogP contribution in [0, 0.1) is 0 Å². The largest absolute Gasteiger partial charge is 0.462 e. The maximum atomic E-state index is 11.8. The topological polar surface area (TPSA) is 91.2 Å². The molecule has 0 aliphatic carbocycles. The number of carbonyl (C=O) groups is 1. The molecule has 0 saturated heterocycles. The predicted octanol–water partition coefficient (Wildman–Crippen LogP) is 2.13. The molecule has 0 N–H and O–H groups in total. The predicted molar refractivity (Wildman–Crippen MR) is 78.1 cm³/mol. The van der Waals surface area contributed by atoms with E-state index in [1.807, 2.05) is 0 Å². The molecule has 2 aromatic heterocycles. The Balaban J connectivity index is 2.63. The van der Waals surface area contributed by atoms with Crippen LogP contribution in [0.5, 0.6) is 0 Å². The number of esters is 1. The summed E-state index contributed by atoms with van der Waals surface area (Å²) in [6.45, 7) is 1.70. The number of halogens is 2. The van der Waals surface area contributed by atoms with E-state index in [-0.39, 0.29) is 18.0 Å². The van der Waals surface area contributed by atoms with Gasteiger partial charge in [-0.2, -0.15) is 5.10 Å². The van der Waals surface area contributed by atoms with Gasteiger partial charge in [0.25, 0.3) is 9.05 Å². The summed E-state index contributed by atoms with van der Waals surface area (Å²) in [6, 6.07) is 3.18. The molecule has 10 heteroatoms. The smallest absolute Gasteiger partial charge is 0.342 e. The van der Waals surface area contributed by atoms with Gasteiger partial charge in [-0.05, 0) is 35.0 Å². The van der Waals surface area contributed by atoms with Crippen LogP contribution in [0.25, 0.3) is 5.82 Å². The minimum atomic E-state index is -4.22. The van der Waals surface area contributed by atoms with Gasteiger partial charge < -0.3 is 4.74 Å². The average Bonchev–Trinajstić information content (AvgIpc) is 2.84. The maximum Gasteiger partial charge on any atom is 0.342 e. The van der Waals surface area contributed by atoms with Crippen LogP contribution in [-0.4, -0.2) is 35.8 Å². The van der Waals surface area contributed by atoms with Crippen molar-refractivity contribution >= 4 is 41.6 Å². The van der Waals surface area contributed by atoms with Crippen LogP contribution in [0.3, 0.4) is 0 Å². The van der Waals surface area contributed by atoms with Crippen LogP contribution >= 0.6 is 26.6 Å². The lowest BCUT2D eigenvalue weighted by atomic mass is 10.4. The monoisotopic (exact) mass is 393 g/mol. The van der Waals surface area contributed by atoms with Gasteiger partial charge in [0.05, 0.1) is 12.8 Å². The van der Waals surface area contributed by atoms with Crippen molar-refractivity contribution in [2.45, 2.75) is 11.9 Å². The van der Waals surface area contributed by atoms with Crippen LogP contribution in [0.4, 0.5) is 0 Å². The Morgan fingerprint density at radius 1 is 1.43 bits per heavy atom. The number of nitrogens with zero attached hydrogens (tertiary/aromatic N) is 3. The van der Waals surface area contributed by atoms with Crippen molar-refractivity contribution in [3.63, 3.8) is 0 Å². The van der Waals surface area contributed by atoms with Gasteiger partial charge in [0.1, 0.15) is 5.56 Å². The van der Waals surface area contributed by atoms with Crippen LogP contribution in [-0.2, 0) is 13.8 Å². The van der Waals surface area contributed by atoms with Gasteiger partial charge in [-0.1, -0.05) is 0 Å². The fourth-order valence-corrected chi connectivity index (χ4v) is 3.00. The molecule has 0 amide bonds. The number of aromatic nitrogens is 3. The molecule has 2 aromatic rings. The molecule has 0 saturated carbocycles. The standard InChI is InChI=1S/C11H9BrClN3O4S/c1-2-20-11(17)8-6-15-16(10(8)21(13,18)19)9-4-3-7(12)5-14-9/h3-6H,2H2,1H3. The molecule has 2 heterocycles. The van der Waals surface area contributed by atoms with Crippen molar-refractivity contribution < 1.29 is 17.9 Å². The van der Waals surface area contributed by atoms with Crippen molar-refractivity contribution in [3.8, 4) is 5.82 Å². The molecular weight excluding hydrogens is 386 g/mol. The number of pyridine rings is 1. The number of ether oxygens (including phenoxy) is 1. The minimum absolute atomic E-state index is 0.0995. The van der Waals surface area contributed by atoms with Gasteiger partial charge in [0.15, 0.2) is 10.8 Å². The third-order valence-electron chi connectivity index (χ3n) is 2.38. The third-order valence-corrected chi connectivity index (χ3v) is 4.14. The zero-order chi connectivity index (χ0) is 15.6. The first-order valence-corrected chi connectivity index (χ1v) is 8.76. The van der Waals surface area contributed by atoms with Crippen LogP contribution in [0.2, 0.25) is 0 Å². The average molecular weight is 395 g/mol. The van der Waals surface area contributed by atoms with Gasteiger partial charge in [0.2, 0.25) is 0 Å². The molecule has 0 fully saturated rings. The van der Waals surface area contributed by atoms with E-state index in [1.165, 1.54) is 12.3 Å². The number of hydrogen-bond donors (Lipinski definition) is 0. The summed E-state index contributed by atoms with van der Waals surface area (Å²) < 4.78 is 30.0. The summed E-state index contributed by atoms with van der Waals surface area (Å²) in [4.78, 5) is 15.8. The molecular formula is C11H9BrClN3O4S. The number of rotatable bonds is 4. The molecule has 0 aliphatic heterocycles. The molecule has 2 rings (SSSR count). The van der Waals surface area contributed by atoms with Crippen LogP contribution < -0.4 is 0 Å². The van der Waals surface area contributed by atoms with Gasteiger partial charge in [-0.3, -0.25) is 0 Å². The zero-order valence-electron chi connectivity index (χ0n) is 10.7. The first kappa shape index (κ1) is 15.9. The highest BCUT2D eigenvalue weighted by Gasteiger charge is 2.28. The summed E-state index contributed by atoms with van der Waals surface area (Å²) in [6.07, 6.45) is 2.54. The van der Waals surface area contributed by atoms with Crippen molar-refractivity contribution in [1.29, 1.82) is 0 Å².